The summed E-state index contributed by atoms with van der Waals surface area (Å²) in [7, 11) is 0. The van der Waals surface area contributed by atoms with Gasteiger partial charge in [-0.3, -0.25) is 14.6 Å². The van der Waals surface area contributed by atoms with Crippen LogP contribution in [0.2, 0.25) is 0 Å². The summed E-state index contributed by atoms with van der Waals surface area (Å²) < 4.78 is 3.45. The number of hydrogen-bond donors (Lipinski definition) is 0. The van der Waals surface area contributed by atoms with E-state index in [4.69, 9.17) is 0 Å². The number of nitrogens with zero attached hydrogens (tertiary/aromatic N) is 5. The van der Waals surface area contributed by atoms with Crippen molar-refractivity contribution in [2.75, 3.05) is 13.1 Å². The van der Waals surface area contributed by atoms with Gasteiger partial charge in [-0.25, -0.2) is 4.68 Å². The van der Waals surface area contributed by atoms with Gasteiger partial charge in [0.1, 0.15) is 6.54 Å². The lowest BCUT2D eigenvalue weighted by Crippen LogP contribution is -2.54. The lowest BCUT2D eigenvalue weighted by Gasteiger charge is -2.39. The molecule has 0 bridgehead atoms. The summed E-state index contributed by atoms with van der Waals surface area (Å²) in [5.41, 5.74) is 2.51. The molecule has 0 aliphatic carbocycles. The molecule has 1 aromatic carbocycles. The van der Waals surface area contributed by atoms with Crippen molar-refractivity contribution in [1.29, 1.82) is 0 Å². The number of carbonyl (C=O) groups excluding carboxylic acids is 1. The SMILES string of the molecule is O=C(Cn1ccc2ccccc21)N1CC(n2nc(-c3ccncc3)ccc2=O)C1. The van der Waals surface area contributed by atoms with Gasteiger partial charge < -0.3 is 9.47 Å². The molecule has 5 rings (SSSR count). The minimum absolute atomic E-state index is 0.0425. The number of pyridine rings is 1. The van der Waals surface area contributed by atoms with Gasteiger partial charge in [0.25, 0.3) is 5.56 Å². The number of likely N-dealkylation sites (tertiary alicyclic amines) is 1. The van der Waals surface area contributed by atoms with E-state index in [1.165, 1.54) is 10.7 Å². The first-order valence-electron chi connectivity index (χ1n) is 9.51. The third-order valence-electron chi connectivity index (χ3n) is 5.35. The summed E-state index contributed by atoms with van der Waals surface area (Å²) in [6, 6.07) is 16.9. The van der Waals surface area contributed by atoms with E-state index >= 15 is 0 Å². The Morgan fingerprint density at radius 3 is 2.62 bits per heavy atom. The summed E-state index contributed by atoms with van der Waals surface area (Å²) in [4.78, 5) is 30.8. The second-order valence-corrected chi connectivity index (χ2v) is 7.19. The topological polar surface area (TPSA) is 73.0 Å². The number of aromatic nitrogens is 4. The highest BCUT2D eigenvalue weighted by molar-refractivity contribution is 5.83. The van der Waals surface area contributed by atoms with E-state index in [0.29, 0.717) is 19.6 Å². The highest BCUT2D eigenvalue weighted by Crippen LogP contribution is 2.22. The van der Waals surface area contributed by atoms with Gasteiger partial charge in [0.15, 0.2) is 0 Å². The first-order valence-corrected chi connectivity index (χ1v) is 9.51. The van der Waals surface area contributed by atoms with Gasteiger partial charge in [0.05, 0.1) is 11.7 Å². The predicted molar refractivity (Wildman–Crippen MR) is 109 cm³/mol. The van der Waals surface area contributed by atoms with Crippen LogP contribution in [0.25, 0.3) is 22.2 Å². The molecular weight excluding hydrogens is 366 g/mol. The van der Waals surface area contributed by atoms with Crippen LogP contribution >= 0.6 is 0 Å². The van der Waals surface area contributed by atoms with Gasteiger partial charge in [0, 0.05) is 48.8 Å². The van der Waals surface area contributed by atoms with E-state index in [1.807, 2.05) is 53.2 Å². The lowest BCUT2D eigenvalue weighted by molar-refractivity contribution is -0.137. The third kappa shape index (κ3) is 3.20. The van der Waals surface area contributed by atoms with Gasteiger partial charge >= 0.3 is 0 Å². The molecule has 29 heavy (non-hydrogen) atoms. The first kappa shape index (κ1) is 17.4. The van der Waals surface area contributed by atoms with E-state index < -0.39 is 0 Å². The summed E-state index contributed by atoms with van der Waals surface area (Å²) in [5.74, 6) is 0.0425. The lowest BCUT2D eigenvalue weighted by atomic mass is 10.1. The van der Waals surface area contributed by atoms with Crippen molar-refractivity contribution in [2.24, 2.45) is 0 Å². The molecule has 1 fully saturated rings. The summed E-state index contributed by atoms with van der Waals surface area (Å²) >= 11 is 0. The van der Waals surface area contributed by atoms with Gasteiger partial charge in [-0.1, -0.05) is 18.2 Å². The Labute approximate surface area is 166 Å². The van der Waals surface area contributed by atoms with E-state index in [0.717, 1.165) is 22.2 Å². The Hall–Kier alpha value is -3.74. The number of hydrogen-bond acceptors (Lipinski definition) is 4. The predicted octanol–water partition coefficient (Wildman–Crippen LogP) is 2.34. The number of para-hydroxylation sites is 1. The molecule has 1 amide bonds. The fraction of sp³-hybridized carbons (Fsp3) is 0.182. The van der Waals surface area contributed by atoms with Crippen molar-refractivity contribution in [3.05, 3.63) is 83.5 Å². The van der Waals surface area contributed by atoms with Crippen molar-refractivity contribution in [2.45, 2.75) is 12.6 Å². The van der Waals surface area contributed by atoms with Crippen LogP contribution in [0.4, 0.5) is 0 Å². The summed E-state index contributed by atoms with van der Waals surface area (Å²) in [6.45, 7) is 1.27. The fourth-order valence-electron chi connectivity index (χ4n) is 3.70. The summed E-state index contributed by atoms with van der Waals surface area (Å²) in [6.07, 6.45) is 5.33. The Morgan fingerprint density at radius 1 is 1.00 bits per heavy atom. The average Bonchev–Trinajstić information content (AvgIpc) is 3.12. The Bertz CT molecular complexity index is 1240. The monoisotopic (exact) mass is 385 g/mol. The number of rotatable bonds is 4. The standard InChI is InChI=1S/C22H19N5O2/c28-21-6-5-19(16-7-10-23-11-8-16)24-27(21)18-13-26(14-18)22(29)15-25-12-9-17-3-1-2-4-20(17)25/h1-12,18H,13-15H2. The van der Waals surface area contributed by atoms with Crippen molar-refractivity contribution in [3.8, 4) is 11.3 Å². The molecule has 0 radical (unpaired) electrons. The molecule has 1 aliphatic heterocycles. The highest BCUT2D eigenvalue weighted by atomic mass is 16.2. The zero-order valence-corrected chi connectivity index (χ0v) is 15.7. The fourth-order valence-corrected chi connectivity index (χ4v) is 3.70. The maximum Gasteiger partial charge on any atom is 0.267 e. The van der Waals surface area contributed by atoms with Crippen LogP contribution in [-0.2, 0) is 11.3 Å². The van der Waals surface area contributed by atoms with Gasteiger partial charge in [-0.15, -0.1) is 0 Å². The minimum atomic E-state index is -0.156. The molecular formula is C22H19N5O2. The van der Waals surface area contributed by atoms with Gasteiger partial charge in [-0.2, -0.15) is 5.10 Å². The van der Waals surface area contributed by atoms with Gasteiger partial charge in [0.2, 0.25) is 5.91 Å². The number of amides is 1. The average molecular weight is 385 g/mol. The smallest absolute Gasteiger partial charge is 0.267 e. The Kier molecular flexibility index (Phi) is 4.20. The van der Waals surface area contributed by atoms with Crippen LogP contribution in [-0.4, -0.2) is 43.2 Å². The number of fused-ring (bicyclic) bond motifs is 1. The Morgan fingerprint density at radius 2 is 1.79 bits per heavy atom. The second-order valence-electron chi connectivity index (χ2n) is 7.19. The molecule has 7 heteroatoms. The van der Waals surface area contributed by atoms with Crippen LogP contribution in [0.15, 0.2) is 78.0 Å². The maximum absolute atomic E-state index is 12.7. The van der Waals surface area contributed by atoms with Crippen LogP contribution in [0, 0.1) is 0 Å². The molecule has 0 spiro atoms. The normalized spacial score (nSPS) is 14.1. The maximum atomic E-state index is 12.7. The van der Waals surface area contributed by atoms with Crippen LogP contribution in [0.1, 0.15) is 6.04 Å². The van der Waals surface area contributed by atoms with Crippen molar-refractivity contribution >= 4 is 16.8 Å². The Balaban J connectivity index is 1.29. The van der Waals surface area contributed by atoms with Crippen LogP contribution < -0.4 is 5.56 Å². The molecule has 0 unspecified atom stereocenters. The van der Waals surface area contributed by atoms with E-state index in [2.05, 4.69) is 10.1 Å². The van der Waals surface area contributed by atoms with E-state index in [9.17, 15) is 9.59 Å². The molecule has 7 nitrogen and oxygen atoms in total. The molecule has 1 saturated heterocycles. The van der Waals surface area contributed by atoms with Gasteiger partial charge in [-0.05, 0) is 35.7 Å². The molecule has 144 valence electrons. The van der Waals surface area contributed by atoms with Crippen LogP contribution in [0.3, 0.4) is 0 Å². The molecule has 4 heterocycles. The number of carbonyl (C=O) groups is 1. The van der Waals surface area contributed by atoms with Crippen molar-refractivity contribution in [3.63, 3.8) is 0 Å². The minimum Gasteiger partial charge on any atom is -0.338 e. The zero-order valence-electron chi connectivity index (χ0n) is 15.7. The van der Waals surface area contributed by atoms with Crippen molar-refractivity contribution < 1.29 is 4.79 Å². The largest absolute Gasteiger partial charge is 0.338 e. The summed E-state index contributed by atoms with van der Waals surface area (Å²) in [5, 5.41) is 5.62. The molecule has 0 N–H and O–H groups in total. The molecule has 0 saturated carbocycles. The number of benzene rings is 1. The van der Waals surface area contributed by atoms with Crippen molar-refractivity contribution in [1.82, 2.24) is 24.2 Å². The third-order valence-corrected chi connectivity index (χ3v) is 5.35. The molecule has 0 atom stereocenters. The molecule has 3 aromatic heterocycles. The second kappa shape index (κ2) is 7.01. The molecule has 1 aliphatic rings. The highest BCUT2D eigenvalue weighted by Gasteiger charge is 2.33. The molecule has 4 aromatic rings. The first-order chi connectivity index (χ1) is 14.2. The van der Waals surface area contributed by atoms with Crippen LogP contribution in [0.5, 0.6) is 0 Å². The van der Waals surface area contributed by atoms with E-state index in [-0.39, 0.29) is 17.5 Å². The van der Waals surface area contributed by atoms with E-state index in [1.54, 1.807) is 23.4 Å². The zero-order chi connectivity index (χ0) is 19.8. The quantitative estimate of drug-likeness (QED) is 0.541.